The molecular weight excluding hydrogens is 220 g/mol. The van der Waals surface area contributed by atoms with Crippen LogP contribution in [0.3, 0.4) is 0 Å². The number of nitrogens with one attached hydrogen (secondary N) is 2. The quantitative estimate of drug-likeness (QED) is 0.686. The van der Waals surface area contributed by atoms with Gasteiger partial charge in [0.15, 0.2) is 0 Å². The monoisotopic (exact) mass is 236 g/mol. The minimum atomic E-state index is -0.252. The molecule has 92 valence electrons. The smallest absolute Gasteiger partial charge is 0.319 e. The summed E-state index contributed by atoms with van der Waals surface area (Å²) in [5.41, 5.74) is 1.88. The Morgan fingerprint density at radius 2 is 2.35 bits per heavy atom. The lowest BCUT2D eigenvalue weighted by Gasteiger charge is -2.08. The van der Waals surface area contributed by atoms with Gasteiger partial charge in [0.05, 0.1) is 6.61 Å². The van der Waals surface area contributed by atoms with Crippen molar-refractivity contribution in [2.75, 3.05) is 25.1 Å². The summed E-state index contributed by atoms with van der Waals surface area (Å²) >= 11 is 0. The number of aliphatic hydroxyl groups excluding tert-OH is 1. The number of benzene rings is 1. The normalized spacial score (nSPS) is 12.8. The summed E-state index contributed by atoms with van der Waals surface area (Å²) in [5, 5.41) is 14.0. The molecule has 0 aliphatic carbocycles. The van der Waals surface area contributed by atoms with Crippen LogP contribution >= 0.6 is 0 Å². The van der Waals surface area contributed by atoms with Crippen molar-refractivity contribution >= 4 is 11.7 Å². The largest absolute Gasteiger partial charge is 0.493 e. The lowest BCUT2D eigenvalue weighted by atomic mass is 10.1. The highest BCUT2D eigenvalue weighted by Crippen LogP contribution is 2.27. The topological polar surface area (TPSA) is 70.6 Å². The second-order valence-electron chi connectivity index (χ2n) is 3.88. The van der Waals surface area contributed by atoms with Gasteiger partial charge in [-0.1, -0.05) is 0 Å². The number of carbonyl (C=O) groups is 1. The van der Waals surface area contributed by atoms with Crippen molar-refractivity contribution in [3.8, 4) is 5.75 Å². The van der Waals surface area contributed by atoms with Gasteiger partial charge in [-0.25, -0.2) is 4.79 Å². The molecule has 1 aromatic rings. The average Bonchev–Trinajstić information content (AvgIpc) is 2.76. The maximum absolute atomic E-state index is 11.5. The molecule has 1 aliphatic heterocycles. The van der Waals surface area contributed by atoms with Crippen molar-refractivity contribution in [2.45, 2.75) is 12.8 Å². The van der Waals surface area contributed by atoms with Gasteiger partial charge in [0.25, 0.3) is 0 Å². The minimum Gasteiger partial charge on any atom is -0.493 e. The highest BCUT2D eigenvalue weighted by molar-refractivity contribution is 5.89. The van der Waals surface area contributed by atoms with Crippen molar-refractivity contribution in [3.63, 3.8) is 0 Å². The number of ether oxygens (including phenoxy) is 1. The third-order valence-corrected chi connectivity index (χ3v) is 2.57. The Hall–Kier alpha value is -1.75. The Bertz CT molecular complexity index is 407. The van der Waals surface area contributed by atoms with Gasteiger partial charge < -0.3 is 20.5 Å². The van der Waals surface area contributed by atoms with Gasteiger partial charge >= 0.3 is 6.03 Å². The molecule has 1 heterocycles. The predicted octanol–water partition coefficient (Wildman–Crippen LogP) is 1.13. The average molecular weight is 236 g/mol. The standard InChI is InChI=1S/C12H16N2O3/c15-6-1-5-13-12(16)14-10-2-3-11-9(8-10)4-7-17-11/h2-3,8,15H,1,4-7H2,(H2,13,14,16). The van der Waals surface area contributed by atoms with E-state index < -0.39 is 0 Å². The Balaban J connectivity index is 1.88. The van der Waals surface area contributed by atoms with E-state index in [2.05, 4.69) is 10.6 Å². The van der Waals surface area contributed by atoms with E-state index in [1.54, 1.807) is 0 Å². The molecule has 0 saturated carbocycles. The fraction of sp³-hybridized carbons (Fsp3) is 0.417. The van der Waals surface area contributed by atoms with E-state index in [9.17, 15) is 4.79 Å². The Morgan fingerprint density at radius 3 is 3.18 bits per heavy atom. The van der Waals surface area contributed by atoms with Crippen LogP contribution in [-0.2, 0) is 6.42 Å². The van der Waals surface area contributed by atoms with Crippen LogP contribution in [-0.4, -0.2) is 30.9 Å². The Labute approximate surface area is 99.8 Å². The summed E-state index contributed by atoms with van der Waals surface area (Å²) < 4.78 is 5.38. The van der Waals surface area contributed by atoms with Crippen LogP contribution < -0.4 is 15.4 Å². The molecule has 1 aliphatic rings. The SMILES string of the molecule is O=C(NCCCO)Nc1ccc2c(c1)CCO2. The summed E-state index contributed by atoms with van der Waals surface area (Å²) in [7, 11) is 0. The summed E-state index contributed by atoms with van der Waals surface area (Å²) in [6, 6.07) is 5.35. The van der Waals surface area contributed by atoms with Crippen LogP contribution in [0.15, 0.2) is 18.2 Å². The first kappa shape index (κ1) is 11.7. The first-order valence-corrected chi connectivity index (χ1v) is 5.71. The van der Waals surface area contributed by atoms with E-state index in [4.69, 9.17) is 9.84 Å². The van der Waals surface area contributed by atoms with Crippen LogP contribution in [0.1, 0.15) is 12.0 Å². The fourth-order valence-corrected chi connectivity index (χ4v) is 1.72. The highest BCUT2D eigenvalue weighted by atomic mass is 16.5. The number of urea groups is 1. The fourth-order valence-electron chi connectivity index (χ4n) is 1.72. The van der Waals surface area contributed by atoms with Crippen LogP contribution in [0.2, 0.25) is 0 Å². The molecule has 0 atom stereocenters. The Kier molecular flexibility index (Phi) is 3.82. The van der Waals surface area contributed by atoms with Crippen LogP contribution in [0.4, 0.5) is 10.5 Å². The summed E-state index contributed by atoms with van der Waals surface area (Å²) in [5.74, 6) is 0.899. The van der Waals surface area contributed by atoms with Crippen LogP contribution in [0, 0.1) is 0 Å². The zero-order valence-electron chi connectivity index (χ0n) is 9.53. The zero-order valence-corrected chi connectivity index (χ0v) is 9.53. The third kappa shape index (κ3) is 3.10. The van der Waals surface area contributed by atoms with Gasteiger partial charge in [-0.3, -0.25) is 0 Å². The van der Waals surface area contributed by atoms with Gasteiger partial charge in [-0.15, -0.1) is 0 Å². The predicted molar refractivity (Wildman–Crippen MR) is 64.4 cm³/mol. The molecule has 5 nitrogen and oxygen atoms in total. The Morgan fingerprint density at radius 1 is 1.47 bits per heavy atom. The summed E-state index contributed by atoms with van der Waals surface area (Å²) in [6.45, 7) is 1.26. The molecule has 3 N–H and O–H groups in total. The number of hydrogen-bond donors (Lipinski definition) is 3. The first-order valence-electron chi connectivity index (χ1n) is 5.71. The highest BCUT2D eigenvalue weighted by Gasteiger charge is 2.12. The molecule has 0 aromatic heterocycles. The molecule has 0 bridgehead atoms. The van der Waals surface area contributed by atoms with Crippen molar-refractivity contribution in [3.05, 3.63) is 23.8 Å². The molecule has 17 heavy (non-hydrogen) atoms. The maximum Gasteiger partial charge on any atom is 0.319 e. The number of hydrogen-bond acceptors (Lipinski definition) is 3. The molecule has 0 fully saturated rings. The molecule has 0 saturated heterocycles. The van der Waals surface area contributed by atoms with Crippen molar-refractivity contribution in [2.24, 2.45) is 0 Å². The molecule has 2 rings (SSSR count). The summed E-state index contributed by atoms with van der Waals surface area (Å²) in [6.07, 6.45) is 1.45. The summed E-state index contributed by atoms with van der Waals surface area (Å²) in [4.78, 5) is 11.5. The molecule has 2 amide bonds. The third-order valence-electron chi connectivity index (χ3n) is 2.57. The number of rotatable bonds is 4. The number of anilines is 1. The number of amides is 2. The van der Waals surface area contributed by atoms with E-state index in [1.807, 2.05) is 18.2 Å². The van der Waals surface area contributed by atoms with Gasteiger partial charge in [-0.05, 0) is 30.2 Å². The number of fused-ring (bicyclic) bond motifs is 1. The lowest BCUT2D eigenvalue weighted by Crippen LogP contribution is -2.29. The minimum absolute atomic E-state index is 0.0798. The van der Waals surface area contributed by atoms with Crippen molar-refractivity contribution in [1.82, 2.24) is 5.32 Å². The van der Waals surface area contributed by atoms with E-state index in [1.165, 1.54) is 0 Å². The molecule has 0 radical (unpaired) electrons. The molecule has 1 aromatic carbocycles. The van der Waals surface area contributed by atoms with Crippen LogP contribution in [0.25, 0.3) is 0 Å². The molecule has 0 spiro atoms. The zero-order chi connectivity index (χ0) is 12.1. The van der Waals surface area contributed by atoms with Crippen LogP contribution in [0.5, 0.6) is 5.75 Å². The van der Waals surface area contributed by atoms with Crippen molar-refractivity contribution in [1.29, 1.82) is 0 Å². The maximum atomic E-state index is 11.5. The first-order chi connectivity index (χ1) is 8.29. The number of carbonyl (C=O) groups excluding carboxylic acids is 1. The lowest BCUT2D eigenvalue weighted by molar-refractivity contribution is 0.249. The van der Waals surface area contributed by atoms with Gasteiger partial charge in [0.1, 0.15) is 5.75 Å². The molecular formula is C12H16N2O3. The van der Waals surface area contributed by atoms with E-state index >= 15 is 0 Å². The van der Waals surface area contributed by atoms with E-state index in [-0.39, 0.29) is 12.6 Å². The van der Waals surface area contributed by atoms with Crippen molar-refractivity contribution < 1.29 is 14.6 Å². The second-order valence-corrected chi connectivity index (χ2v) is 3.88. The van der Waals surface area contributed by atoms with Gasteiger partial charge in [-0.2, -0.15) is 0 Å². The molecule has 0 unspecified atom stereocenters. The second kappa shape index (κ2) is 5.54. The number of aliphatic hydroxyl groups is 1. The van der Waals surface area contributed by atoms with Gasteiger partial charge in [0.2, 0.25) is 0 Å². The molecule has 5 heteroatoms. The van der Waals surface area contributed by atoms with Gasteiger partial charge in [0, 0.05) is 25.3 Å². The van der Waals surface area contributed by atoms with E-state index in [0.29, 0.717) is 19.6 Å². The van der Waals surface area contributed by atoms with E-state index in [0.717, 1.165) is 23.4 Å².